The number of rotatable bonds is 6. The fraction of sp³-hybridized carbons (Fsp3) is 0.267. The van der Waals surface area contributed by atoms with Crippen molar-refractivity contribution in [2.45, 2.75) is 32.9 Å². The van der Waals surface area contributed by atoms with Gasteiger partial charge in [0.05, 0.1) is 31.4 Å². The number of aromatic nitrogens is 3. The van der Waals surface area contributed by atoms with Gasteiger partial charge in [-0.2, -0.15) is 0 Å². The third-order valence-electron chi connectivity index (χ3n) is 7.12. The van der Waals surface area contributed by atoms with Crippen molar-refractivity contribution < 1.29 is 18.3 Å². The predicted molar refractivity (Wildman–Crippen MR) is 148 cm³/mol. The van der Waals surface area contributed by atoms with E-state index in [1.807, 2.05) is 66.6 Å². The normalized spacial score (nSPS) is 15.7. The van der Waals surface area contributed by atoms with Crippen LogP contribution in [0.1, 0.15) is 36.8 Å². The highest BCUT2D eigenvalue weighted by molar-refractivity contribution is 6.18. The number of methoxy groups -OCH3 is 1. The number of ether oxygens (including phenoxy) is 1. The summed E-state index contributed by atoms with van der Waals surface area (Å²) in [5.41, 5.74) is 2.76. The van der Waals surface area contributed by atoms with Crippen LogP contribution >= 0.6 is 0 Å². The summed E-state index contributed by atoms with van der Waals surface area (Å²) in [6.45, 7) is 7.06. The number of anilines is 1. The maximum atomic E-state index is 14.2. The minimum absolute atomic E-state index is 0.165. The van der Waals surface area contributed by atoms with E-state index in [0.717, 1.165) is 23.1 Å². The molecule has 10 heteroatoms. The first-order chi connectivity index (χ1) is 19.2. The summed E-state index contributed by atoms with van der Waals surface area (Å²) >= 11 is 0. The molecule has 40 heavy (non-hydrogen) atoms. The zero-order valence-electron chi connectivity index (χ0n) is 22.7. The van der Waals surface area contributed by atoms with E-state index in [9.17, 15) is 13.6 Å². The second kappa shape index (κ2) is 9.55. The predicted octanol–water partition coefficient (Wildman–Crippen LogP) is 5.38. The van der Waals surface area contributed by atoms with Crippen LogP contribution in [0.15, 0.2) is 65.8 Å². The van der Waals surface area contributed by atoms with Gasteiger partial charge in [0.1, 0.15) is 17.4 Å². The number of hydrogen-bond acceptors (Lipinski definition) is 6. The molecule has 6 rings (SSSR count). The van der Waals surface area contributed by atoms with Crippen LogP contribution in [0.2, 0.25) is 0 Å². The lowest BCUT2D eigenvalue weighted by atomic mass is 10.1. The Morgan fingerprint density at radius 1 is 1.00 bits per heavy atom. The van der Waals surface area contributed by atoms with E-state index < -0.39 is 17.2 Å². The number of benzene rings is 2. The Kier molecular flexibility index (Phi) is 6.13. The summed E-state index contributed by atoms with van der Waals surface area (Å²) in [4.78, 5) is 31.6. The highest BCUT2D eigenvalue weighted by Gasteiger charge is 2.45. The van der Waals surface area contributed by atoms with Gasteiger partial charge in [0.25, 0.3) is 5.91 Å². The van der Waals surface area contributed by atoms with Gasteiger partial charge in [-0.25, -0.2) is 18.8 Å². The molecule has 0 fully saturated rings. The molecular weight excluding hydrogens is 514 g/mol. The van der Waals surface area contributed by atoms with Gasteiger partial charge >= 0.3 is 0 Å². The zero-order valence-corrected chi connectivity index (χ0v) is 22.7. The molecule has 2 aliphatic rings. The molecule has 2 aromatic heterocycles. The first kappa shape index (κ1) is 25.7. The summed E-state index contributed by atoms with van der Waals surface area (Å²) < 4.78 is 35.0. The van der Waals surface area contributed by atoms with E-state index >= 15 is 0 Å². The molecule has 0 saturated heterocycles. The van der Waals surface area contributed by atoms with E-state index in [-0.39, 0.29) is 18.1 Å². The number of amides is 1. The number of halogens is 2. The Labute approximate surface area is 230 Å². The van der Waals surface area contributed by atoms with E-state index in [4.69, 9.17) is 14.7 Å². The topological polar surface area (TPSA) is 75.9 Å². The maximum absolute atomic E-state index is 14.2. The molecule has 0 unspecified atom stereocenters. The number of carbonyl (C=O) groups is 1. The van der Waals surface area contributed by atoms with Crippen molar-refractivity contribution in [3.8, 4) is 28.4 Å². The fourth-order valence-corrected chi connectivity index (χ4v) is 5.21. The van der Waals surface area contributed by atoms with Gasteiger partial charge in [-0.3, -0.25) is 19.6 Å². The third kappa shape index (κ3) is 4.29. The number of hydrogen-bond donors (Lipinski definition) is 0. The molecule has 0 radical (unpaired) electrons. The van der Waals surface area contributed by atoms with Crippen LogP contribution in [0, 0.1) is 11.6 Å². The fourth-order valence-electron chi connectivity index (χ4n) is 5.21. The number of guanidine groups is 1. The molecule has 2 aromatic carbocycles. The van der Waals surface area contributed by atoms with E-state index in [1.54, 1.807) is 18.2 Å². The van der Waals surface area contributed by atoms with Crippen molar-refractivity contribution in [2.75, 3.05) is 25.1 Å². The average Bonchev–Trinajstić information content (AvgIpc) is 3.48. The third-order valence-corrected chi connectivity index (χ3v) is 7.12. The quantitative estimate of drug-likeness (QED) is 0.327. The van der Waals surface area contributed by atoms with Gasteiger partial charge in [0, 0.05) is 23.9 Å². The summed E-state index contributed by atoms with van der Waals surface area (Å²) in [6.07, 6.45) is 1.71. The second-order valence-corrected chi connectivity index (χ2v) is 10.5. The van der Waals surface area contributed by atoms with Crippen molar-refractivity contribution >= 4 is 17.7 Å². The van der Waals surface area contributed by atoms with Crippen LogP contribution in [0.4, 0.5) is 14.6 Å². The minimum Gasteiger partial charge on any atom is -0.497 e. The van der Waals surface area contributed by atoms with E-state index in [1.165, 1.54) is 12.1 Å². The lowest BCUT2D eigenvalue weighted by Gasteiger charge is -2.34. The van der Waals surface area contributed by atoms with Gasteiger partial charge in [-0.05, 0) is 74.9 Å². The summed E-state index contributed by atoms with van der Waals surface area (Å²) in [6, 6.07) is 15.2. The average molecular weight is 543 g/mol. The highest BCUT2D eigenvalue weighted by atomic mass is 19.2. The number of nitrogens with zero attached hydrogens (tertiary/aromatic N) is 6. The Morgan fingerprint density at radius 3 is 2.40 bits per heavy atom. The smallest absolute Gasteiger partial charge is 0.283 e. The molecule has 0 saturated carbocycles. The largest absolute Gasteiger partial charge is 0.497 e. The van der Waals surface area contributed by atoms with Crippen LogP contribution in [-0.2, 0) is 6.54 Å². The van der Waals surface area contributed by atoms with Gasteiger partial charge in [0.2, 0.25) is 5.96 Å². The molecule has 0 N–H and O–H groups in total. The van der Waals surface area contributed by atoms with E-state index in [0.29, 0.717) is 41.8 Å². The Hall–Kier alpha value is -4.60. The summed E-state index contributed by atoms with van der Waals surface area (Å²) in [5, 5.41) is 0. The first-order valence-corrected chi connectivity index (χ1v) is 13.0. The van der Waals surface area contributed by atoms with Crippen LogP contribution in [0.3, 0.4) is 0 Å². The summed E-state index contributed by atoms with van der Waals surface area (Å²) in [7, 11) is 1.62. The number of imidazole rings is 1. The van der Waals surface area contributed by atoms with Gasteiger partial charge in [0.15, 0.2) is 17.3 Å². The number of pyridine rings is 1. The standard InChI is InChI=1S/C30H28F2N6O2/c1-5-36-28(39)25-27(38-17-30(2,3)35-29(36)38)37(16-18-6-12-22(31)23(32)14-18)26(34-25)20-9-13-24(33-15-20)19-7-10-21(40-4)11-8-19/h6-15H,5,16-17H2,1-4H3. The molecule has 8 nitrogen and oxygen atoms in total. The molecule has 204 valence electrons. The van der Waals surface area contributed by atoms with Crippen LogP contribution in [0.25, 0.3) is 22.6 Å². The van der Waals surface area contributed by atoms with Crippen molar-refractivity contribution in [1.29, 1.82) is 0 Å². The Bertz CT molecular complexity index is 1640. The van der Waals surface area contributed by atoms with Crippen molar-refractivity contribution in [3.05, 3.63) is 83.7 Å². The first-order valence-electron chi connectivity index (χ1n) is 13.0. The second-order valence-electron chi connectivity index (χ2n) is 10.5. The van der Waals surface area contributed by atoms with Crippen LogP contribution < -0.4 is 9.64 Å². The molecule has 0 spiro atoms. The van der Waals surface area contributed by atoms with Gasteiger partial charge in [-0.1, -0.05) is 6.07 Å². The van der Waals surface area contributed by atoms with E-state index in [2.05, 4.69) is 4.98 Å². The monoisotopic (exact) mass is 542 g/mol. The van der Waals surface area contributed by atoms with Crippen molar-refractivity contribution in [1.82, 2.24) is 19.4 Å². The van der Waals surface area contributed by atoms with Crippen LogP contribution in [-0.4, -0.2) is 57.0 Å². The molecule has 1 amide bonds. The number of aliphatic imine (C=N–C) groups is 1. The zero-order chi connectivity index (χ0) is 28.2. The molecule has 0 bridgehead atoms. The molecule has 0 atom stereocenters. The Balaban J connectivity index is 1.48. The SMILES string of the molecule is CCN1C(=O)c2nc(-c3ccc(-c4ccc(OC)cc4)nc3)n(Cc3ccc(F)c(F)c3)c2N2CC(C)(C)N=C12. The lowest BCUT2D eigenvalue weighted by molar-refractivity contribution is 0.0841. The minimum atomic E-state index is -0.934. The van der Waals surface area contributed by atoms with Crippen molar-refractivity contribution in [3.63, 3.8) is 0 Å². The molecule has 2 aliphatic heterocycles. The molecule has 4 aromatic rings. The number of carbonyl (C=O) groups excluding carboxylic acids is 1. The van der Waals surface area contributed by atoms with Gasteiger partial charge < -0.3 is 9.30 Å². The lowest BCUT2D eigenvalue weighted by Crippen LogP contribution is -2.51. The van der Waals surface area contributed by atoms with Crippen LogP contribution in [0.5, 0.6) is 5.75 Å². The molecule has 4 heterocycles. The number of fused-ring (bicyclic) bond motifs is 3. The summed E-state index contributed by atoms with van der Waals surface area (Å²) in [5.74, 6) is 0.297. The maximum Gasteiger partial charge on any atom is 0.283 e. The highest BCUT2D eigenvalue weighted by Crippen LogP contribution is 2.39. The van der Waals surface area contributed by atoms with Gasteiger partial charge in [-0.15, -0.1) is 0 Å². The van der Waals surface area contributed by atoms with Crippen molar-refractivity contribution in [2.24, 2.45) is 4.99 Å². The Morgan fingerprint density at radius 2 is 1.75 bits per heavy atom. The molecular formula is C30H28F2N6O2. The molecule has 0 aliphatic carbocycles.